The van der Waals surface area contributed by atoms with E-state index in [1.54, 1.807) is 0 Å². The minimum Gasteiger partial charge on any atom is -0.392 e. The number of aliphatic hydroxyl groups is 1. The lowest BCUT2D eigenvalue weighted by atomic mass is 10.2. The summed E-state index contributed by atoms with van der Waals surface area (Å²) >= 11 is 1.88. The third-order valence-electron chi connectivity index (χ3n) is 1.48. The maximum atomic E-state index is 9.01. The predicted octanol–water partition coefficient (Wildman–Crippen LogP) is 1.26. The normalized spacial score (nSPS) is 39.8. The van der Waals surface area contributed by atoms with Crippen molar-refractivity contribution in [2.24, 2.45) is 0 Å². The van der Waals surface area contributed by atoms with Crippen LogP contribution < -0.4 is 0 Å². The average Bonchev–Trinajstić information content (AvgIpc) is 1.77. The molecule has 1 nitrogen and oxygen atoms in total. The van der Waals surface area contributed by atoms with Gasteiger partial charge in [-0.15, -0.1) is 0 Å². The predicted molar refractivity (Wildman–Crippen MR) is 37.2 cm³/mol. The zero-order chi connectivity index (χ0) is 5.98. The van der Waals surface area contributed by atoms with E-state index in [9.17, 15) is 0 Å². The minimum atomic E-state index is -0.0174. The van der Waals surface area contributed by atoms with E-state index in [1.807, 2.05) is 11.8 Å². The van der Waals surface area contributed by atoms with Gasteiger partial charge in [-0.2, -0.15) is 11.8 Å². The lowest BCUT2D eigenvalue weighted by Gasteiger charge is -2.21. The lowest BCUT2D eigenvalue weighted by molar-refractivity contribution is 0.182. The van der Waals surface area contributed by atoms with E-state index in [2.05, 4.69) is 6.92 Å². The average molecular weight is 132 g/mol. The second-order valence-corrected chi connectivity index (χ2v) is 3.85. The Morgan fingerprint density at radius 3 is 2.62 bits per heavy atom. The Balaban J connectivity index is 2.19. The van der Waals surface area contributed by atoms with Crippen molar-refractivity contribution in [3.05, 3.63) is 0 Å². The van der Waals surface area contributed by atoms with Gasteiger partial charge in [-0.1, -0.05) is 6.92 Å². The van der Waals surface area contributed by atoms with Gasteiger partial charge >= 0.3 is 0 Å². The van der Waals surface area contributed by atoms with Gasteiger partial charge in [-0.05, 0) is 12.8 Å². The Labute approximate surface area is 54.5 Å². The number of hydrogen-bond donors (Lipinski definition) is 1. The molecule has 48 valence electrons. The maximum Gasteiger partial charge on any atom is 0.0631 e. The summed E-state index contributed by atoms with van der Waals surface area (Å²) in [5.41, 5.74) is 0. The van der Waals surface area contributed by atoms with Crippen molar-refractivity contribution in [2.45, 2.75) is 31.1 Å². The molecule has 1 heterocycles. The molecule has 1 aliphatic rings. The van der Waals surface area contributed by atoms with Gasteiger partial charge in [0.15, 0.2) is 0 Å². The Morgan fingerprint density at radius 2 is 2.25 bits per heavy atom. The summed E-state index contributed by atoms with van der Waals surface area (Å²) in [6.45, 7) is 2.22. The first-order valence-electron chi connectivity index (χ1n) is 3.08. The second-order valence-electron chi connectivity index (χ2n) is 2.38. The molecule has 1 N–H and O–H groups in total. The van der Waals surface area contributed by atoms with E-state index in [4.69, 9.17) is 5.11 Å². The molecule has 0 aliphatic carbocycles. The number of aliphatic hydroxyl groups excluding tert-OH is 1. The molecule has 2 heteroatoms. The van der Waals surface area contributed by atoms with Gasteiger partial charge in [0.2, 0.25) is 0 Å². The first-order chi connectivity index (χ1) is 3.79. The second kappa shape index (κ2) is 2.74. The van der Waals surface area contributed by atoms with Crippen molar-refractivity contribution in [3.63, 3.8) is 0 Å². The smallest absolute Gasteiger partial charge is 0.0631 e. The van der Waals surface area contributed by atoms with Gasteiger partial charge in [0.25, 0.3) is 0 Å². The van der Waals surface area contributed by atoms with Crippen LogP contribution in [0, 0.1) is 0 Å². The number of thioether (sulfide) groups is 1. The zero-order valence-corrected chi connectivity index (χ0v) is 5.95. The van der Waals surface area contributed by atoms with Gasteiger partial charge in [-0.3, -0.25) is 0 Å². The number of rotatable bonds is 0. The Hall–Kier alpha value is 0.310. The summed E-state index contributed by atoms with van der Waals surface area (Å²) in [5, 5.41) is 9.78. The van der Waals surface area contributed by atoms with Crippen molar-refractivity contribution >= 4 is 11.8 Å². The van der Waals surface area contributed by atoms with Gasteiger partial charge in [-0.25, -0.2) is 0 Å². The summed E-state index contributed by atoms with van der Waals surface area (Å²) in [4.78, 5) is 0. The van der Waals surface area contributed by atoms with E-state index in [0.29, 0.717) is 0 Å². The van der Waals surface area contributed by atoms with Crippen molar-refractivity contribution in [3.8, 4) is 0 Å². The Kier molecular flexibility index (Phi) is 2.20. The topological polar surface area (TPSA) is 20.2 Å². The van der Waals surface area contributed by atoms with Crippen LogP contribution in [0.5, 0.6) is 0 Å². The van der Waals surface area contributed by atoms with E-state index in [1.165, 1.54) is 6.42 Å². The van der Waals surface area contributed by atoms with Crippen molar-refractivity contribution < 1.29 is 5.11 Å². The molecule has 0 aromatic heterocycles. The van der Waals surface area contributed by atoms with Crippen LogP contribution in [0.1, 0.15) is 19.8 Å². The van der Waals surface area contributed by atoms with Crippen molar-refractivity contribution in [1.29, 1.82) is 0 Å². The highest BCUT2D eigenvalue weighted by molar-refractivity contribution is 7.99. The highest BCUT2D eigenvalue weighted by Gasteiger charge is 2.14. The molecule has 2 atom stereocenters. The molecule has 1 saturated heterocycles. The molecule has 0 saturated carbocycles. The largest absolute Gasteiger partial charge is 0.392 e. The van der Waals surface area contributed by atoms with E-state index >= 15 is 0 Å². The molecule has 1 aliphatic heterocycles. The van der Waals surface area contributed by atoms with Crippen LogP contribution >= 0.6 is 11.8 Å². The van der Waals surface area contributed by atoms with Crippen LogP contribution in [0.15, 0.2) is 0 Å². The van der Waals surface area contributed by atoms with Crippen molar-refractivity contribution in [1.82, 2.24) is 0 Å². The van der Waals surface area contributed by atoms with E-state index in [-0.39, 0.29) is 6.10 Å². The summed E-state index contributed by atoms with van der Waals surface area (Å²) < 4.78 is 0. The highest BCUT2D eigenvalue weighted by atomic mass is 32.2. The fourth-order valence-electron chi connectivity index (χ4n) is 0.869. The summed E-state index contributed by atoms with van der Waals surface area (Å²) in [5.74, 6) is 0.946. The fourth-order valence-corrected chi connectivity index (χ4v) is 1.89. The molecule has 0 aromatic rings. The SMILES string of the molecule is CC1CCC(O)CS1. The molecule has 1 rings (SSSR count). The molecule has 0 bridgehead atoms. The molecule has 0 amide bonds. The third kappa shape index (κ3) is 1.67. The molecule has 8 heavy (non-hydrogen) atoms. The Bertz CT molecular complexity index is 56.9. The molecule has 1 fully saturated rings. The minimum absolute atomic E-state index is 0.0174. The van der Waals surface area contributed by atoms with Gasteiger partial charge in [0.05, 0.1) is 6.10 Å². The summed E-state index contributed by atoms with van der Waals surface area (Å²) in [6.07, 6.45) is 2.18. The monoisotopic (exact) mass is 132 g/mol. The van der Waals surface area contributed by atoms with Crippen molar-refractivity contribution in [2.75, 3.05) is 5.75 Å². The van der Waals surface area contributed by atoms with E-state index in [0.717, 1.165) is 17.4 Å². The fraction of sp³-hybridized carbons (Fsp3) is 1.00. The van der Waals surface area contributed by atoms with Crippen LogP contribution in [0.4, 0.5) is 0 Å². The molecular formula is C6H12OS. The summed E-state index contributed by atoms with van der Waals surface area (Å²) in [6, 6.07) is 0. The molecular weight excluding hydrogens is 120 g/mol. The van der Waals surface area contributed by atoms with E-state index < -0.39 is 0 Å². The van der Waals surface area contributed by atoms with Crippen LogP contribution in [-0.4, -0.2) is 22.2 Å². The summed E-state index contributed by atoms with van der Waals surface area (Å²) in [7, 11) is 0. The van der Waals surface area contributed by atoms with Crippen LogP contribution in [0.2, 0.25) is 0 Å². The van der Waals surface area contributed by atoms with Gasteiger partial charge in [0, 0.05) is 11.0 Å². The first-order valence-corrected chi connectivity index (χ1v) is 4.13. The van der Waals surface area contributed by atoms with Gasteiger partial charge < -0.3 is 5.11 Å². The van der Waals surface area contributed by atoms with Crippen LogP contribution in [0.25, 0.3) is 0 Å². The molecule has 0 spiro atoms. The van der Waals surface area contributed by atoms with Gasteiger partial charge in [0.1, 0.15) is 0 Å². The lowest BCUT2D eigenvalue weighted by Crippen LogP contribution is -2.19. The molecule has 0 aromatic carbocycles. The Morgan fingerprint density at radius 1 is 1.50 bits per heavy atom. The molecule has 2 unspecified atom stereocenters. The van der Waals surface area contributed by atoms with Crippen LogP contribution in [-0.2, 0) is 0 Å². The standard InChI is InChI=1S/C6H12OS/c1-5-2-3-6(7)4-8-5/h5-7H,2-4H2,1H3. The van der Waals surface area contributed by atoms with Crippen LogP contribution in [0.3, 0.4) is 0 Å². The maximum absolute atomic E-state index is 9.01. The quantitative estimate of drug-likeness (QED) is 0.535. The highest BCUT2D eigenvalue weighted by Crippen LogP contribution is 2.24. The number of hydrogen-bond acceptors (Lipinski definition) is 2. The molecule has 0 radical (unpaired) electrons. The third-order valence-corrected chi connectivity index (χ3v) is 2.86. The first kappa shape index (κ1) is 6.43. The zero-order valence-electron chi connectivity index (χ0n) is 5.13.